The third-order valence-corrected chi connectivity index (χ3v) is 3.20. The van der Waals surface area contributed by atoms with Crippen LogP contribution < -0.4 is 4.74 Å². The summed E-state index contributed by atoms with van der Waals surface area (Å²) >= 11 is 5.95. The van der Waals surface area contributed by atoms with Gasteiger partial charge in [-0.1, -0.05) is 24.6 Å². The topological polar surface area (TPSA) is 26.3 Å². The summed E-state index contributed by atoms with van der Waals surface area (Å²) in [4.78, 5) is 11.8. The van der Waals surface area contributed by atoms with Gasteiger partial charge in [-0.3, -0.25) is 4.79 Å². The van der Waals surface area contributed by atoms with E-state index in [1.165, 1.54) is 0 Å². The van der Waals surface area contributed by atoms with Crippen molar-refractivity contribution < 1.29 is 9.53 Å². The normalized spacial score (nSPS) is 11.3. The molecule has 0 amide bonds. The van der Waals surface area contributed by atoms with Crippen molar-refractivity contribution in [3.63, 3.8) is 0 Å². The quantitative estimate of drug-likeness (QED) is 0.804. The zero-order valence-electron chi connectivity index (χ0n) is 10.1. The molecule has 1 aromatic rings. The van der Waals surface area contributed by atoms with Gasteiger partial charge in [-0.2, -0.15) is 0 Å². The van der Waals surface area contributed by atoms with Crippen LogP contribution in [-0.2, 0) is 10.2 Å². The molecule has 16 heavy (non-hydrogen) atoms. The highest BCUT2D eigenvalue weighted by molar-refractivity contribution is 6.32. The first-order valence-electron chi connectivity index (χ1n) is 5.30. The number of halogens is 1. The van der Waals surface area contributed by atoms with Gasteiger partial charge in [0.15, 0.2) is 0 Å². The van der Waals surface area contributed by atoms with E-state index in [0.29, 0.717) is 17.2 Å². The van der Waals surface area contributed by atoms with Gasteiger partial charge >= 0.3 is 0 Å². The Hall–Kier alpha value is -1.02. The van der Waals surface area contributed by atoms with Crippen LogP contribution in [0.5, 0.6) is 5.75 Å². The SMILES string of the molecule is CCC(=O)C(C)(C)c1ccc(Cl)c(OC)c1. The van der Waals surface area contributed by atoms with Gasteiger partial charge in [-0.25, -0.2) is 0 Å². The Balaban J connectivity index is 3.18. The van der Waals surface area contributed by atoms with Gasteiger partial charge in [-0.15, -0.1) is 0 Å². The number of rotatable bonds is 4. The number of Topliss-reactive ketones (excluding diaryl/α,β-unsaturated/α-hetero) is 1. The Labute approximate surface area is 102 Å². The van der Waals surface area contributed by atoms with Gasteiger partial charge in [0.1, 0.15) is 11.5 Å². The second-order valence-electron chi connectivity index (χ2n) is 4.25. The average molecular weight is 241 g/mol. The smallest absolute Gasteiger partial charge is 0.142 e. The maximum atomic E-state index is 11.8. The van der Waals surface area contributed by atoms with E-state index in [0.717, 1.165) is 5.56 Å². The minimum atomic E-state index is -0.493. The molecule has 0 aromatic heterocycles. The number of hydrogen-bond acceptors (Lipinski definition) is 2. The van der Waals surface area contributed by atoms with E-state index in [9.17, 15) is 4.79 Å². The fourth-order valence-electron chi connectivity index (χ4n) is 1.65. The van der Waals surface area contributed by atoms with E-state index in [2.05, 4.69) is 0 Å². The highest BCUT2D eigenvalue weighted by atomic mass is 35.5. The van der Waals surface area contributed by atoms with Crippen LogP contribution >= 0.6 is 11.6 Å². The summed E-state index contributed by atoms with van der Waals surface area (Å²) in [5.74, 6) is 0.813. The lowest BCUT2D eigenvalue weighted by Gasteiger charge is -2.23. The molecule has 0 aliphatic carbocycles. The predicted octanol–water partition coefficient (Wildman–Crippen LogP) is 3.61. The monoisotopic (exact) mass is 240 g/mol. The molecule has 0 atom stereocenters. The van der Waals surface area contributed by atoms with Crippen molar-refractivity contribution in [1.29, 1.82) is 0 Å². The molecule has 0 spiro atoms. The van der Waals surface area contributed by atoms with Gasteiger partial charge < -0.3 is 4.74 Å². The van der Waals surface area contributed by atoms with Crippen molar-refractivity contribution in [1.82, 2.24) is 0 Å². The number of ketones is 1. The van der Waals surface area contributed by atoms with Gasteiger partial charge in [0.2, 0.25) is 0 Å². The molecule has 0 heterocycles. The Morgan fingerprint density at radius 2 is 2.06 bits per heavy atom. The number of carbonyl (C=O) groups excluding carboxylic acids is 1. The zero-order chi connectivity index (χ0) is 12.3. The molecule has 0 saturated carbocycles. The summed E-state index contributed by atoms with van der Waals surface area (Å²) in [5, 5.41) is 0.561. The van der Waals surface area contributed by atoms with Crippen molar-refractivity contribution in [2.45, 2.75) is 32.6 Å². The van der Waals surface area contributed by atoms with Crippen LogP contribution in [0.1, 0.15) is 32.8 Å². The molecule has 0 aliphatic heterocycles. The van der Waals surface area contributed by atoms with E-state index in [1.807, 2.05) is 32.9 Å². The Kier molecular flexibility index (Phi) is 3.98. The average Bonchev–Trinajstić information content (AvgIpc) is 2.28. The third kappa shape index (κ3) is 2.38. The zero-order valence-corrected chi connectivity index (χ0v) is 10.9. The number of hydrogen-bond donors (Lipinski definition) is 0. The second kappa shape index (κ2) is 4.88. The maximum Gasteiger partial charge on any atom is 0.142 e. The molecule has 1 rings (SSSR count). The van der Waals surface area contributed by atoms with Crippen LogP contribution in [0, 0.1) is 0 Å². The van der Waals surface area contributed by atoms with Crippen LogP contribution in [-0.4, -0.2) is 12.9 Å². The van der Waals surface area contributed by atoms with E-state index in [-0.39, 0.29) is 5.78 Å². The van der Waals surface area contributed by atoms with Crippen LogP contribution in [0.4, 0.5) is 0 Å². The minimum absolute atomic E-state index is 0.205. The van der Waals surface area contributed by atoms with Crippen molar-refractivity contribution >= 4 is 17.4 Å². The van der Waals surface area contributed by atoms with Crippen LogP contribution in [0.15, 0.2) is 18.2 Å². The molecule has 0 fully saturated rings. The lowest BCUT2D eigenvalue weighted by atomic mass is 9.79. The molecule has 0 bridgehead atoms. The number of methoxy groups -OCH3 is 1. The Bertz CT molecular complexity index is 397. The molecule has 88 valence electrons. The molecule has 0 radical (unpaired) electrons. The van der Waals surface area contributed by atoms with E-state index in [4.69, 9.17) is 16.3 Å². The van der Waals surface area contributed by atoms with Gasteiger partial charge in [0, 0.05) is 11.8 Å². The maximum absolute atomic E-state index is 11.8. The van der Waals surface area contributed by atoms with Gasteiger partial charge in [-0.05, 0) is 31.5 Å². The highest BCUT2D eigenvalue weighted by Crippen LogP contribution is 2.32. The minimum Gasteiger partial charge on any atom is -0.495 e. The number of benzene rings is 1. The number of ether oxygens (including phenoxy) is 1. The molecule has 0 unspecified atom stereocenters. The Morgan fingerprint density at radius 1 is 1.44 bits per heavy atom. The lowest BCUT2D eigenvalue weighted by Crippen LogP contribution is -2.28. The largest absolute Gasteiger partial charge is 0.495 e. The van der Waals surface area contributed by atoms with Crippen molar-refractivity contribution in [2.75, 3.05) is 7.11 Å². The molecular formula is C13H17ClO2. The fourth-order valence-corrected chi connectivity index (χ4v) is 1.85. The van der Waals surface area contributed by atoms with Gasteiger partial charge in [0.05, 0.1) is 12.1 Å². The van der Waals surface area contributed by atoms with Crippen LogP contribution in [0.25, 0.3) is 0 Å². The second-order valence-corrected chi connectivity index (χ2v) is 4.66. The first kappa shape index (κ1) is 13.0. The molecule has 2 nitrogen and oxygen atoms in total. The van der Waals surface area contributed by atoms with E-state index >= 15 is 0 Å². The summed E-state index contributed by atoms with van der Waals surface area (Å²) in [6.45, 7) is 5.71. The third-order valence-electron chi connectivity index (χ3n) is 2.89. The molecule has 0 N–H and O–H groups in total. The molecule has 0 aliphatic rings. The van der Waals surface area contributed by atoms with E-state index in [1.54, 1.807) is 13.2 Å². The molecule has 1 aromatic carbocycles. The highest BCUT2D eigenvalue weighted by Gasteiger charge is 2.28. The summed E-state index contributed by atoms with van der Waals surface area (Å²) < 4.78 is 5.15. The van der Waals surface area contributed by atoms with E-state index < -0.39 is 5.41 Å². The fraction of sp³-hybridized carbons (Fsp3) is 0.462. The molecule has 0 saturated heterocycles. The van der Waals surface area contributed by atoms with Crippen LogP contribution in [0.3, 0.4) is 0 Å². The first-order chi connectivity index (χ1) is 7.43. The van der Waals surface area contributed by atoms with Crippen molar-refractivity contribution in [2.24, 2.45) is 0 Å². The lowest BCUT2D eigenvalue weighted by molar-refractivity contribution is -0.123. The molecular weight excluding hydrogens is 224 g/mol. The summed E-state index contributed by atoms with van der Waals surface area (Å²) in [6.07, 6.45) is 0.526. The summed E-state index contributed by atoms with van der Waals surface area (Å²) in [7, 11) is 1.57. The first-order valence-corrected chi connectivity index (χ1v) is 5.68. The van der Waals surface area contributed by atoms with Crippen LogP contribution in [0.2, 0.25) is 5.02 Å². The molecule has 3 heteroatoms. The van der Waals surface area contributed by atoms with Crippen molar-refractivity contribution in [3.8, 4) is 5.75 Å². The Morgan fingerprint density at radius 3 is 2.56 bits per heavy atom. The standard InChI is InChI=1S/C13H17ClO2/c1-5-12(15)13(2,3)9-6-7-10(14)11(8-9)16-4/h6-8H,5H2,1-4H3. The predicted molar refractivity (Wildman–Crippen MR) is 66.3 cm³/mol. The van der Waals surface area contributed by atoms with Gasteiger partial charge in [0.25, 0.3) is 0 Å². The van der Waals surface area contributed by atoms with Crippen molar-refractivity contribution in [3.05, 3.63) is 28.8 Å². The number of carbonyl (C=O) groups is 1. The summed E-state index contributed by atoms with van der Waals surface area (Å²) in [5.41, 5.74) is 0.438. The summed E-state index contributed by atoms with van der Waals surface area (Å²) in [6, 6.07) is 5.47.